The summed E-state index contributed by atoms with van der Waals surface area (Å²) in [6.07, 6.45) is 9.52. The molecule has 0 radical (unpaired) electrons. The first kappa shape index (κ1) is 14.4. The summed E-state index contributed by atoms with van der Waals surface area (Å²) in [6.45, 7) is 0.407. The number of allylic oxidation sites excluding steroid dienone is 1. The molecule has 1 amide bonds. The molecule has 20 heavy (non-hydrogen) atoms. The monoisotopic (exact) mass is 276 g/mol. The van der Waals surface area contributed by atoms with Crippen molar-refractivity contribution in [3.8, 4) is 0 Å². The van der Waals surface area contributed by atoms with E-state index in [0.29, 0.717) is 12.2 Å². The molecule has 1 aliphatic carbocycles. The molecule has 0 aromatic carbocycles. The van der Waals surface area contributed by atoms with Gasteiger partial charge in [-0.15, -0.1) is 0 Å². The van der Waals surface area contributed by atoms with Gasteiger partial charge in [-0.25, -0.2) is 0 Å². The molecule has 5 nitrogen and oxygen atoms in total. The second kappa shape index (κ2) is 6.93. The number of nitrogens with zero attached hydrogens (tertiary/aromatic N) is 1. The van der Waals surface area contributed by atoms with E-state index in [-0.39, 0.29) is 12.5 Å². The lowest BCUT2D eigenvalue weighted by Gasteiger charge is -2.13. The van der Waals surface area contributed by atoms with Crippen LogP contribution in [-0.2, 0) is 11.3 Å². The van der Waals surface area contributed by atoms with Crippen molar-refractivity contribution in [3.63, 3.8) is 0 Å². The van der Waals surface area contributed by atoms with Crippen LogP contribution in [0.2, 0.25) is 0 Å². The lowest BCUT2D eigenvalue weighted by atomic mass is 9.97. The molecule has 0 spiro atoms. The molecule has 0 atom stereocenters. The molecule has 0 bridgehead atoms. The number of aliphatic carboxylic acids is 1. The Morgan fingerprint density at radius 2 is 2.20 bits per heavy atom. The molecule has 1 aromatic heterocycles. The van der Waals surface area contributed by atoms with Gasteiger partial charge in [0.25, 0.3) is 5.91 Å². The molecular formula is C15H20N2O3. The Kier molecular flexibility index (Phi) is 4.98. The van der Waals surface area contributed by atoms with E-state index in [1.54, 1.807) is 18.3 Å². The van der Waals surface area contributed by atoms with Gasteiger partial charge in [0.2, 0.25) is 0 Å². The van der Waals surface area contributed by atoms with Gasteiger partial charge in [0.1, 0.15) is 12.2 Å². The van der Waals surface area contributed by atoms with Gasteiger partial charge in [-0.3, -0.25) is 9.59 Å². The highest BCUT2D eigenvalue weighted by atomic mass is 16.4. The van der Waals surface area contributed by atoms with Gasteiger partial charge in [0.15, 0.2) is 0 Å². The van der Waals surface area contributed by atoms with Crippen molar-refractivity contribution in [3.05, 3.63) is 35.7 Å². The Bertz CT molecular complexity index is 517. The minimum absolute atomic E-state index is 0.194. The Morgan fingerprint density at radius 1 is 1.35 bits per heavy atom. The van der Waals surface area contributed by atoms with E-state index in [1.807, 2.05) is 0 Å². The van der Waals surface area contributed by atoms with Crippen LogP contribution in [0, 0.1) is 0 Å². The van der Waals surface area contributed by atoms with Gasteiger partial charge < -0.3 is 15.0 Å². The quantitative estimate of drug-likeness (QED) is 0.782. The van der Waals surface area contributed by atoms with Gasteiger partial charge in [0.05, 0.1) is 0 Å². The summed E-state index contributed by atoms with van der Waals surface area (Å²) in [5, 5.41) is 11.6. The Morgan fingerprint density at radius 3 is 2.90 bits per heavy atom. The molecule has 5 heteroatoms. The summed E-state index contributed by atoms with van der Waals surface area (Å²) in [5.74, 6) is -1.17. The Hall–Kier alpha value is -2.04. The maximum Gasteiger partial charge on any atom is 0.323 e. The standard InChI is InChI=1S/C15H20N2O3/c18-14(19)11-17-10-4-7-13(17)15(20)16-9-8-12-5-2-1-3-6-12/h4-5,7,10H,1-3,6,8-9,11H2,(H,16,20)(H,18,19). The highest BCUT2D eigenvalue weighted by molar-refractivity contribution is 5.93. The number of hydrogen-bond acceptors (Lipinski definition) is 2. The minimum Gasteiger partial charge on any atom is -0.480 e. The first-order valence-corrected chi connectivity index (χ1v) is 7.00. The molecule has 2 rings (SSSR count). The molecule has 2 N–H and O–H groups in total. The van der Waals surface area contributed by atoms with Crippen LogP contribution < -0.4 is 5.32 Å². The molecule has 1 aliphatic rings. The van der Waals surface area contributed by atoms with E-state index in [0.717, 1.165) is 19.3 Å². The summed E-state index contributed by atoms with van der Waals surface area (Å²) < 4.78 is 1.44. The number of carboxylic acids is 1. The Balaban J connectivity index is 1.84. The van der Waals surface area contributed by atoms with Crippen LogP contribution >= 0.6 is 0 Å². The number of carboxylic acid groups (broad SMARTS) is 1. The molecule has 0 aliphatic heterocycles. The molecular weight excluding hydrogens is 256 g/mol. The topological polar surface area (TPSA) is 71.3 Å². The summed E-state index contributed by atoms with van der Waals surface area (Å²) in [5.41, 5.74) is 1.81. The van der Waals surface area contributed by atoms with Gasteiger partial charge in [-0.1, -0.05) is 11.6 Å². The number of hydrogen-bond donors (Lipinski definition) is 2. The molecule has 1 heterocycles. The fourth-order valence-electron chi connectivity index (χ4n) is 2.46. The van der Waals surface area contributed by atoms with Crippen molar-refractivity contribution < 1.29 is 14.7 Å². The van der Waals surface area contributed by atoms with Crippen LogP contribution in [0.15, 0.2) is 30.0 Å². The molecule has 0 fully saturated rings. The molecule has 1 aromatic rings. The van der Waals surface area contributed by atoms with Crippen molar-refractivity contribution in [1.29, 1.82) is 0 Å². The summed E-state index contributed by atoms with van der Waals surface area (Å²) in [4.78, 5) is 22.7. The van der Waals surface area contributed by atoms with Crippen molar-refractivity contribution in [1.82, 2.24) is 9.88 Å². The van der Waals surface area contributed by atoms with Crippen molar-refractivity contribution in [2.24, 2.45) is 0 Å². The zero-order chi connectivity index (χ0) is 14.4. The second-order valence-electron chi connectivity index (χ2n) is 5.03. The number of amides is 1. The smallest absolute Gasteiger partial charge is 0.323 e. The average Bonchev–Trinajstić information content (AvgIpc) is 2.87. The normalized spacial score (nSPS) is 14.7. The van der Waals surface area contributed by atoms with Gasteiger partial charge in [-0.05, 0) is 44.2 Å². The first-order chi connectivity index (χ1) is 9.66. The number of carbonyl (C=O) groups excluding carboxylic acids is 1. The Labute approximate surface area is 118 Å². The fraction of sp³-hybridized carbons (Fsp3) is 0.467. The summed E-state index contributed by atoms with van der Waals surface area (Å²) in [6, 6.07) is 3.32. The lowest BCUT2D eigenvalue weighted by Crippen LogP contribution is -2.28. The van der Waals surface area contributed by atoms with Crippen LogP contribution in [-0.4, -0.2) is 28.1 Å². The number of aromatic nitrogens is 1. The maximum absolute atomic E-state index is 12.0. The van der Waals surface area contributed by atoms with Gasteiger partial charge in [-0.2, -0.15) is 0 Å². The highest BCUT2D eigenvalue weighted by Crippen LogP contribution is 2.19. The van der Waals surface area contributed by atoms with Crippen molar-refractivity contribution in [2.45, 2.75) is 38.6 Å². The zero-order valence-corrected chi connectivity index (χ0v) is 11.5. The van der Waals surface area contributed by atoms with E-state index < -0.39 is 5.97 Å². The third-order valence-corrected chi connectivity index (χ3v) is 3.48. The fourth-order valence-corrected chi connectivity index (χ4v) is 2.46. The predicted octanol–water partition coefficient (Wildman–Crippen LogP) is 2.19. The average molecular weight is 276 g/mol. The van der Waals surface area contributed by atoms with Crippen LogP contribution in [0.5, 0.6) is 0 Å². The third kappa shape index (κ3) is 3.98. The van der Waals surface area contributed by atoms with E-state index >= 15 is 0 Å². The van der Waals surface area contributed by atoms with Gasteiger partial charge >= 0.3 is 5.97 Å². The molecule has 108 valence electrons. The number of rotatable bonds is 6. The summed E-state index contributed by atoms with van der Waals surface area (Å²) in [7, 11) is 0. The zero-order valence-electron chi connectivity index (χ0n) is 11.5. The minimum atomic E-state index is -0.956. The van der Waals surface area contributed by atoms with Crippen LogP contribution in [0.3, 0.4) is 0 Å². The van der Waals surface area contributed by atoms with E-state index in [1.165, 1.54) is 23.0 Å². The van der Waals surface area contributed by atoms with Crippen molar-refractivity contribution >= 4 is 11.9 Å². The maximum atomic E-state index is 12.0. The van der Waals surface area contributed by atoms with Crippen LogP contribution in [0.25, 0.3) is 0 Å². The molecule has 0 unspecified atom stereocenters. The van der Waals surface area contributed by atoms with Crippen LogP contribution in [0.1, 0.15) is 42.6 Å². The third-order valence-electron chi connectivity index (χ3n) is 3.48. The molecule has 0 saturated carbocycles. The second-order valence-corrected chi connectivity index (χ2v) is 5.03. The lowest BCUT2D eigenvalue weighted by molar-refractivity contribution is -0.137. The van der Waals surface area contributed by atoms with E-state index in [9.17, 15) is 9.59 Å². The number of nitrogens with one attached hydrogen (secondary N) is 1. The first-order valence-electron chi connectivity index (χ1n) is 7.00. The highest BCUT2D eigenvalue weighted by Gasteiger charge is 2.12. The van der Waals surface area contributed by atoms with Gasteiger partial charge in [0, 0.05) is 12.7 Å². The largest absolute Gasteiger partial charge is 0.480 e. The predicted molar refractivity (Wildman–Crippen MR) is 75.6 cm³/mol. The molecule has 0 saturated heterocycles. The number of carbonyl (C=O) groups is 2. The SMILES string of the molecule is O=C(O)Cn1cccc1C(=O)NCCC1=CCCCC1. The van der Waals surface area contributed by atoms with Crippen molar-refractivity contribution in [2.75, 3.05) is 6.54 Å². The summed E-state index contributed by atoms with van der Waals surface area (Å²) >= 11 is 0. The van der Waals surface area contributed by atoms with E-state index in [2.05, 4.69) is 11.4 Å². The van der Waals surface area contributed by atoms with E-state index in [4.69, 9.17) is 5.11 Å². The van der Waals surface area contributed by atoms with Crippen LogP contribution in [0.4, 0.5) is 0 Å².